The Bertz CT molecular complexity index is 1430. The van der Waals surface area contributed by atoms with Gasteiger partial charge < -0.3 is 9.30 Å². The van der Waals surface area contributed by atoms with Crippen molar-refractivity contribution < 1.29 is 18.0 Å². The molecule has 0 bridgehead atoms. The van der Waals surface area contributed by atoms with Crippen molar-refractivity contribution in [2.24, 2.45) is 0 Å². The van der Waals surface area contributed by atoms with Crippen LogP contribution in [0.4, 0.5) is 13.2 Å². The third kappa shape index (κ3) is 5.36. The number of imidazole rings is 1. The van der Waals surface area contributed by atoms with Crippen LogP contribution in [0.1, 0.15) is 23.4 Å². The van der Waals surface area contributed by atoms with Gasteiger partial charge in [0.15, 0.2) is 0 Å². The molecule has 1 aliphatic heterocycles. The summed E-state index contributed by atoms with van der Waals surface area (Å²) in [5.74, 6) is -1.76. The van der Waals surface area contributed by atoms with Gasteiger partial charge in [-0.1, -0.05) is 29.8 Å². The van der Waals surface area contributed by atoms with Gasteiger partial charge in [0.1, 0.15) is 5.65 Å². The summed E-state index contributed by atoms with van der Waals surface area (Å²) in [4.78, 5) is 24.1. The first-order chi connectivity index (χ1) is 17.7. The molecule has 6 nitrogen and oxygen atoms in total. The molecule has 9 heteroatoms. The lowest BCUT2D eigenvalue weighted by Gasteiger charge is -2.23. The average Bonchev–Trinajstić information content (AvgIpc) is 3.05. The molecule has 3 aromatic heterocycles. The number of carbonyl (C=O) groups is 1. The van der Waals surface area contributed by atoms with E-state index in [9.17, 15) is 18.0 Å². The van der Waals surface area contributed by atoms with Crippen molar-refractivity contribution in [3.63, 3.8) is 0 Å². The quantitative estimate of drug-likeness (QED) is 0.377. The third-order valence-electron chi connectivity index (χ3n) is 6.76. The van der Waals surface area contributed by atoms with Gasteiger partial charge in [-0.3, -0.25) is 14.7 Å². The number of hydrogen-bond donors (Lipinski definition) is 0. The standard InChI is InChI=1S/C28H28F3N5O/c1-19-4-6-21(7-5-19)26-24(18-34-12-3-13-35(15-14-34)27(37)28(29,30)31)36-17-23(8-9-25(36)33-26)22-10-11-32-20(2)16-22/h4-11,16-17H,3,12-15,18H2,1-2H3. The second-order valence-corrected chi connectivity index (χ2v) is 9.52. The Kier molecular flexibility index (Phi) is 6.72. The molecule has 0 radical (unpaired) electrons. The minimum absolute atomic E-state index is 0.0382. The highest BCUT2D eigenvalue weighted by molar-refractivity contribution is 5.81. The zero-order valence-electron chi connectivity index (χ0n) is 20.8. The Morgan fingerprint density at radius 1 is 0.919 bits per heavy atom. The molecule has 0 aliphatic carbocycles. The molecule has 0 N–H and O–H groups in total. The number of hydrogen-bond acceptors (Lipinski definition) is 4. The molecule has 1 saturated heterocycles. The second-order valence-electron chi connectivity index (χ2n) is 9.52. The summed E-state index contributed by atoms with van der Waals surface area (Å²) < 4.78 is 41.1. The summed E-state index contributed by atoms with van der Waals surface area (Å²) in [5.41, 5.74) is 7.71. The smallest absolute Gasteiger partial charge is 0.334 e. The molecule has 4 aromatic rings. The normalized spacial score (nSPS) is 15.2. The van der Waals surface area contributed by atoms with Gasteiger partial charge in [0, 0.05) is 56.4 Å². The summed E-state index contributed by atoms with van der Waals surface area (Å²) in [6.07, 6.45) is -0.537. The first-order valence-corrected chi connectivity index (χ1v) is 12.3. The molecule has 0 unspecified atom stereocenters. The van der Waals surface area contributed by atoms with Crippen LogP contribution in [0.15, 0.2) is 60.9 Å². The van der Waals surface area contributed by atoms with E-state index in [1.165, 1.54) is 0 Å². The van der Waals surface area contributed by atoms with E-state index in [2.05, 4.69) is 20.5 Å². The minimum atomic E-state index is -4.85. The van der Waals surface area contributed by atoms with Crippen LogP contribution in [-0.4, -0.2) is 62.4 Å². The van der Waals surface area contributed by atoms with Crippen molar-refractivity contribution in [1.82, 2.24) is 24.2 Å². The summed E-state index contributed by atoms with van der Waals surface area (Å²) in [6.45, 7) is 5.55. The molecule has 0 atom stereocenters. The number of amides is 1. The van der Waals surface area contributed by atoms with Crippen LogP contribution in [0, 0.1) is 13.8 Å². The first-order valence-electron chi connectivity index (χ1n) is 12.3. The average molecular weight is 508 g/mol. The molecule has 1 aliphatic rings. The van der Waals surface area contributed by atoms with Crippen molar-refractivity contribution in [2.45, 2.75) is 33.0 Å². The molecule has 5 rings (SSSR count). The Balaban J connectivity index is 1.51. The SMILES string of the molecule is Cc1ccc(-c2nc3ccc(-c4ccnc(C)c4)cn3c2CN2CCCN(C(=O)C(F)(F)F)CC2)cc1. The van der Waals surface area contributed by atoms with E-state index in [1.807, 2.05) is 62.4 Å². The van der Waals surface area contributed by atoms with E-state index in [0.29, 0.717) is 26.1 Å². The van der Waals surface area contributed by atoms with Crippen LogP contribution < -0.4 is 0 Å². The minimum Gasteiger partial charge on any atom is -0.334 e. The molecule has 0 saturated carbocycles. The molecule has 192 valence electrons. The summed E-state index contributed by atoms with van der Waals surface area (Å²) >= 11 is 0. The number of aryl methyl sites for hydroxylation is 2. The lowest BCUT2D eigenvalue weighted by molar-refractivity contribution is -0.185. The van der Waals surface area contributed by atoms with Crippen LogP contribution in [0.3, 0.4) is 0 Å². The number of alkyl halides is 3. The van der Waals surface area contributed by atoms with E-state index in [1.54, 1.807) is 6.20 Å². The predicted octanol–water partition coefficient (Wildman–Crippen LogP) is 5.28. The molecular formula is C28H28F3N5O. The topological polar surface area (TPSA) is 53.7 Å². The van der Waals surface area contributed by atoms with Crippen molar-refractivity contribution in [3.05, 3.63) is 77.9 Å². The monoisotopic (exact) mass is 507 g/mol. The maximum absolute atomic E-state index is 13.0. The fraction of sp³-hybridized carbons (Fsp3) is 0.321. The van der Waals surface area contributed by atoms with E-state index >= 15 is 0 Å². The zero-order valence-corrected chi connectivity index (χ0v) is 20.8. The van der Waals surface area contributed by atoms with Crippen LogP contribution >= 0.6 is 0 Å². The molecule has 37 heavy (non-hydrogen) atoms. The van der Waals surface area contributed by atoms with Crippen LogP contribution in [0.25, 0.3) is 28.0 Å². The van der Waals surface area contributed by atoms with Crippen molar-refractivity contribution in [1.29, 1.82) is 0 Å². The Morgan fingerprint density at radius 3 is 2.41 bits per heavy atom. The Labute approximate surface area is 213 Å². The van der Waals surface area contributed by atoms with Gasteiger partial charge in [-0.2, -0.15) is 13.2 Å². The summed E-state index contributed by atoms with van der Waals surface area (Å²) in [5, 5.41) is 0. The largest absolute Gasteiger partial charge is 0.471 e. The maximum Gasteiger partial charge on any atom is 0.471 e. The number of nitrogens with zero attached hydrogens (tertiary/aromatic N) is 5. The fourth-order valence-electron chi connectivity index (χ4n) is 4.81. The fourth-order valence-corrected chi connectivity index (χ4v) is 4.81. The van der Waals surface area contributed by atoms with E-state index in [0.717, 1.165) is 49.9 Å². The zero-order chi connectivity index (χ0) is 26.2. The van der Waals surface area contributed by atoms with Crippen molar-refractivity contribution in [2.75, 3.05) is 26.2 Å². The van der Waals surface area contributed by atoms with E-state index < -0.39 is 12.1 Å². The highest BCUT2D eigenvalue weighted by atomic mass is 19.4. The summed E-state index contributed by atoms with van der Waals surface area (Å²) in [6, 6.07) is 16.2. The molecule has 4 heterocycles. The number of halogens is 3. The summed E-state index contributed by atoms with van der Waals surface area (Å²) in [7, 11) is 0. The van der Waals surface area contributed by atoms with Gasteiger partial charge in [-0.15, -0.1) is 0 Å². The van der Waals surface area contributed by atoms with Crippen LogP contribution in [-0.2, 0) is 11.3 Å². The van der Waals surface area contributed by atoms with Crippen LogP contribution in [0.5, 0.6) is 0 Å². The highest BCUT2D eigenvalue weighted by Gasteiger charge is 2.42. The van der Waals surface area contributed by atoms with E-state index in [-0.39, 0.29) is 13.1 Å². The number of carbonyl (C=O) groups excluding carboxylic acids is 1. The van der Waals surface area contributed by atoms with Gasteiger partial charge in [0.25, 0.3) is 0 Å². The molecule has 1 amide bonds. The number of pyridine rings is 2. The maximum atomic E-state index is 13.0. The Hall–Kier alpha value is -3.72. The molecule has 0 spiro atoms. The number of rotatable bonds is 4. The van der Waals surface area contributed by atoms with Crippen molar-refractivity contribution in [3.8, 4) is 22.4 Å². The van der Waals surface area contributed by atoms with Crippen molar-refractivity contribution >= 4 is 11.6 Å². The van der Waals surface area contributed by atoms with Gasteiger partial charge in [-0.25, -0.2) is 4.98 Å². The van der Waals surface area contributed by atoms with Crippen LogP contribution in [0.2, 0.25) is 0 Å². The molecule has 1 aromatic carbocycles. The number of fused-ring (bicyclic) bond motifs is 1. The number of benzene rings is 1. The number of aromatic nitrogens is 3. The Morgan fingerprint density at radius 2 is 1.68 bits per heavy atom. The van der Waals surface area contributed by atoms with E-state index in [4.69, 9.17) is 4.98 Å². The van der Waals surface area contributed by atoms with Gasteiger partial charge in [-0.05, 0) is 55.7 Å². The lowest BCUT2D eigenvalue weighted by atomic mass is 10.1. The third-order valence-corrected chi connectivity index (χ3v) is 6.76. The first kappa shape index (κ1) is 25.0. The molecular weight excluding hydrogens is 479 g/mol. The van der Waals surface area contributed by atoms with Gasteiger partial charge in [0.2, 0.25) is 0 Å². The predicted molar refractivity (Wildman–Crippen MR) is 136 cm³/mol. The highest BCUT2D eigenvalue weighted by Crippen LogP contribution is 2.29. The van der Waals surface area contributed by atoms with Gasteiger partial charge in [0.05, 0.1) is 11.4 Å². The van der Waals surface area contributed by atoms with Gasteiger partial charge >= 0.3 is 12.1 Å². The lowest BCUT2D eigenvalue weighted by Crippen LogP contribution is -2.43. The second kappa shape index (κ2) is 9.97. The molecule has 1 fully saturated rings.